The number of rotatable bonds is 2. The van der Waals surface area contributed by atoms with E-state index in [0.29, 0.717) is 0 Å². The molecule has 0 aliphatic heterocycles. The number of alkyl halides is 10. The van der Waals surface area contributed by atoms with E-state index in [4.69, 9.17) is 0 Å². The Hall–Kier alpha value is 0.950. The van der Waals surface area contributed by atoms with Crippen molar-refractivity contribution in [3.8, 4) is 0 Å². The fraction of sp³-hybridized carbons (Fsp3) is 1.00. The first-order valence-corrected chi connectivity index (χ1v) is 5.02. The maximum atomic E-state index is 12.8. The largest absolute Gasteiger partial charge is 0.437 e. The highest BCUT2D eigenvalue weighted by molar-refractivity contribution is 9.14. The summed E-state index contributed by atoms with van der Waals surface area (Å²) in [5.74, 6) is 0. The molecule has 0 heterocycles. The minimum Gasteiger partial charge on any atom is -0.218 e. The number of halogens is 10. The minimum absolute atomic E-state index is 1.24. The molecule has 0 spiro atoms. The van der Waals surface area contributed by atoms with Crippen molar-refractivity contribution in [2.24, 2.45) is 0 Å². The second-order valence-corrected chi connectivity index (χ2v) is 5.33. The van der Waals surface area contributed by atoms with Crippen molar-refractivity contribution in [3.63, 3.8) is 0 Å². The fourth-order valence-electron chi connectivity index (χ4n) is 0.356. The van der Waals surface area contributed by atoms with E-state index in [1.807, 2.05) is 0 Å². The molecule has 0 bridgehead atoms. The van der Waals surface area contributed by atoms with Crippen LogP contribution in [-0.4, -0.2) is 20.2 Å². The Balaban J connectivity index is 5.30. The monoisotopic (exact) mass is 418 g/mol. The Bertz CT molecular complexity index is 190. The lowest BCUT2D eigenvalue weighted by Gasteiger charge is -2.34. The molecule has 0 aromatic rings. The van der Waals surface area contributed by atoms with Crippen molar-refractivity contribution in [1.82, 2.24) is 0 Å². The van der Waals surface area contributed by atoms with Crippen LogP contribution in [0.15, 0.2) is 0 Å². The Kier molecular flexibility index (Phi) is 4.01. The Morgan fingerprint density at radius 2 is 0.857 bits per heavy atom. The maximum Gasteiger partial charge on any atom is 0.437 e. The maximum absolute atomic E-state index is 12.8. The van der Waals surface area contributed by atoms with Gasteiger partial charge in [0.2, 0.25) is 0 Å². The molecular formula is C4Br3F7. The SMILES string of the molecule is FC(F)(F)C(F)(Br)C(F)(Br)C(F)(F)Br. The Labute approximate surface area is 98.6 Å². The highest BCUT2D eigenvalue weighted by atomic mass is 79.9. The van der Waals surface area contributed by atoms with Crippen molar-refractivity contribution in [2.75, 3.05) is 0 Å². The third kappa shape index (κ3) is 2.37. The second-order valence-electron chi connectivity index (χ2n) is 2.14. The molecule has 0 saturated carbocycles. The van der Waals surface area contributed by atoms with E-state index in [2.05, 4.69) is 0 Å². The molecule has 0 N–H and O–H groups in total. The average Bonchev–Trinajstić information content (AvgIpc) is 1.81. The first kappa shape index (κ1) is 14.9. The molecular weight excluding hydrogens is 421 g/mol. The summed E-state index contributed by atoms with van der Waals surface area (Å²) >= 11 is 3.89. The lowest BCUT2D eigenvalue weighted by atomic mass is 10.2. The van der Waals surface area contributed by atoms with Crippen LogP contribution in [0.4, 0.5) is 30.7 Å². The summed E-state index contributed by atoms with van der Waals surface area (Å²) in [4.78, 5) is -4.74. The number of hydrogen-bond acceptors (Lipinski definition) is 0. The van der Waals surface area contributed by atoms with Crippen LogP contribution < -0.4 is 0 Å². The zero-order valence-corrected chi connectivity index (χ0v) is 10.5. The fourth-order valence-corrected chi connectivity index (χ4v) is 1.37. The normalized spacial score (nSPS) is 22.7. The standard InChI is InChI=1S/C4Br3F7/c5-1(8,3(7,10)11)2(6,9)4(12,13)14. The van der Waals surface area contributed by atoms with E-state index >= 15 is 0 Å². The van der Waals surface area contributed by atoms with Gasteiger partial charge in [-0.15, -0.1) is 0 Å². The quantitative estimate of drug-likeness (QED) is 0.450. The zero-order chi connectivity index (χ0) is 12.0. The van der Waals surface area contributed by atoms with Crippen molar-refractivity contribution in [3.05, 3.63) is 0 Å². The molecule has 0 saturated heterocycles. The zero-order valence-electron chi connectivity index (χ0n) is 5.78. The van der Waals surface area contributed by atoms with E-state index in [1.54, 1.807) is 0 Å². The number of hydrogen-bond donors (Lipinski definition) is 0. The molecule has 2 unspecified atom stereocenters. The molecule has 0 aromatic heterocycles. The third-order valence-corrected chi connectivity index (χ3v) is 4.76. The molecule has 0 radical (unpaired) electrons. The summed E-state index contributed by atoms with van der Waals surface area (Å²) < 4.78 is 75.9. The summed E-state index contributed by atoms with van der Waals surface area (Å²) in [7, 11) is 0. The molecule has 14 heavy (non-hydrogen) atoms. The molecule has 0 aliphatic rings. The van der Waals surface area contributed by atoms with Crippen LogP contribution in [0.25, 0.3) is 0 Å². The van der Waals surface area contributed by atoms with Gasteiger partial charge < -0.3 is 0 Å². The molecule has 0 aromatic carbocycles. The molecule has 0 nitrogen and oxygen atoms in total. The predicted octanol–water partition coefficient (Wildman–Crippen LogP) is 4.66. The van der Waals surface area contributed by atoms with Gasteiger partial charge in [-0.1, -0.05) is 0 Å². The minimum atomic E-state index is -5.84. The summed E-state index contributed by atoms with van der Waals surface area (Å²) in [5, 5.41) is 0. The Morgan fingerprint density at radius 3 is 0.929 bits per heavy atom. The van der Waals surface area contributed by atoms with E-state index in [9.17, 15) is 30.7 Å². The molecule has 86 valence electrons. The van der Waals surface area contributed by atoms with Crippen LogP contribution in [0.3, 0.4) is 0 Å². The Morgan fingerprint density at radius 1 is 0.571 bits per heavy atom. The second kappa shape index (κ2) is 3.76. The predicted molar refractivity (Wildman–Crippen MR) is 45.5 cm³/mol. The summed E-state index contributed by atoms with van der Waals surface area (Å²) in [5.41, 5.74) is 0. The van der Waals surface area contributed by atoms with Gasteiger partial charge in [-0.3, -0.25) is 0 Å². The van der Waals surface area contributed by atoms with Crippen LogP contribution in [0, 0.1) is 0 Å². The lowest BCUT2D eigenvalue weighted by Crippen LogP contribution is -2.56. The molecule has 0 fully saturated rings. The molecule has 0 amide bonds. The highest BCUT2D eigenvalue weighted by Crippen LogP contribution is 2.59. The van der Waals surface area contributed by atoms with Crippen LogP contribution in [-0.2, 0) is 0 Å². The van der Waals surface area contributed by atoms with Gasteiger partial charge in [0.05, 0.1) is 0 Å². The molecule has 10 heteroatoms. The van der Waals surface area contributed by atoms with Gasteiger partial charge in [-0.2, -0.15) is 22.0 Å². The summed E-state index contributed by atoms with van der Waals surface area (Å²) in [6.45, 7) is 0. The van der Waals surface area contributed by atoms with E-state index < -0.39 is 20.2 Å². The van der Waals surface area contributed by atoms with Crippen molar-refractivity contribution in [1.29, 1.82) is 0 Å². The van der Waals surface area contributed by atoms with Crippen LogP contribution in [0.2, 0.25) is 0 Å². The van der Waals surface area contributed by atoms with Gasteiger partial charge in [0, 0.05) is 0 Å². The van der Waals surface area contributed by atoms with Crippen LogP contribution >= 0.6 is 47.8 Å². The smallest absolute Gasteiger partial charge is 0.218 e. The van der Waals surface area contributed by atoms with E-state index in [-0.39, 0.29) is 0 Å². The van der Waals surface area contributed by atoms with Crippen molar-refractivity contribution in [2.45, 2.75) is 20.2 Å². The van der Waals surface area contributed by atoms with Crippen LogP contribution in [0.5, 0.6) is 0 Å². The molecule has 2 atom stereocenters. The van der Waals surface area contributed by atoms with Crippen molar-refractivity contribution >= 4 is 47.8 Å². The highest BCUT2D eigenvalue weighted by Gasteiger charge is 2.76. The van der Waals surface area contributed by atoms with Crippen LogP contribution in [0.1, 0.15) is 0 Å². The first-order chi connectivity index (χ1) is 5.75. The summed E-state index contributed by atoms with van der Waals surface area (Å²) in [6, 6.07) is 0. The van der Waals surface area contributed by atoms with Gasteiger partial charge in [0.25, 0.3) is 4.58 Å². The van der Waals surface area contributed by atoms with Crippen molar-refractivity contribution < 1.29 is 30.7 Å². The third-order valence-electron chi connectivity index (χ3n) is 1.11. The lowest BCUT2D eigenvalue weighted by molar-refractivity contribution is -0.231. The first-order valence-electron chi connectivity index (χ1n) is 2.64. The van der Waals surface area contributed by atoms with E-state index in [0.717, 1.165) is 0 Å². The van der Waals surface area contributed by atoms with E-state index in [1.165, 1.54) is 47.8 Å². The van der Waals surface area contributed by atoms with Gasteiger partial charge in [0.15, 0.2) is 0 Å². The van der Waals surface area contributed by atoms with Gasteiger partial charge in [0.1, 0.15) is 0 Å². The molecule has 0 rings (SSSR count). The average molecular weight is 421 g/mol. The summed E-state index contributed by atoms with van der Waals surface area (Å²) in [6.07, 6.45) is -5.84. The topological polar surface area (TPSA) is 0 Å². The van der Waals surface area contributed by atoms with Gasteiger partial charge >= 0.3 is 15.6 Å². The van der Waals surface area contributed by atoms with Gasteiger partial charge in [-0.05, 0) is 47.8 Å². The van der Waals surface area contributed by atoms with Gasteiger partial charge in [-0.25, -0.2) is 8.78 Å². The molecule has 0 aliphatic carbocycles.